The number of hydrogen-bond acceptors (Lipinski definition) is 3. The molecule has 1 aromatic carbocycles. The summed E-state index contributed by atoms with van der Waals surface area (Å²) in [7, 11) is 1.75. The van der Waals surface area contributed by atoms with Crippen LogP contribution in [0.2, 0.25) is 5.02 Å². The van der Waals surface area contributed by atoms with Crippen molar-refractivity contribution in [2.45, 2.75) is 0 Å². The molecule has 0 bridgehead atoms. The minimum atomic E-state index is -0.132. The van der Waals surface area contributed by atoms with Crippen LogP contribution in [-0.4, -0.2) is 20.7 Å². The van der Waals surface area contributed by atoms with Crippen molar-refractivity contribution in [1.29, 1.82) is 0 Å². The Labute approximate surface area is 109 Å². The van der Waals surface area contributed by atoms with E-state index in [-0.39, 0.29) is 16.6 Å². The van der Waals surface area contributed by atoms with Crippen LogP contribution in [-0.2, 0) is 7.05 Å². The summed E-state index contributed by atoms with van der Waals surface area (Å²) in [6, 6.07) is 4.74. The highest BCUT2D eigenvalue weighted by atomic mass is 35.5. The van der Waals surface area contributed by atoms with Crippen molar-refractivity contribution in [3.05, 3.63) is 52.8 Å². The van der Waals surface area contributed by atoms with Crippen LogP contribution in [0.3, 0.4) is 0 Å². The smallest absolute Gasteiger partial charge is 0.189 e. The van der Waals surface area contributed by atoms with Crippen LogP contribution in [0.25, 0.3) is 6.08 Å². The van der Waals surface area contributed by atoms with E-state index in [1.165, 1.54) is 18.3 Å². The van der Waals surface area contributed by atoms with Gasteiger partial charge in [-0.2, -0.15) is 5.10 Å². The lowest BCUT2D eigenvalue weighted by atomic mass is 10.1. The number of hydrogen-bond donors (Lipinski definition) is 1. The highest BCUT2D eigenvalue weighted by molar-refractivity contribution is 6.32. The number of aromatic hydroxyl groups is 1. The molecule has 92 valence electrons. The van der Waals surface area contributed by atoms with Crippen molar-refractivity contribution >= 4 is 23.5 Å². The fourth-order valence-electron chi connectivity index (χ4n) is 1.44. The normalized spacial score (nSPS) is 11.0. The number of carbonyl (C=O) groups excluding carboxylic acids is 1. The number of ketones is 1. The zero-order chi connectivity index (χ0) is 13.1. The Kier molecular flexibility index (Phi) is 3.48. The second-order valence-corrected chi connectivity index (χ2v) is 4.22. The van der Waals surface area contributed by atoms with Crippen LogP contribution < -0.4 is 0 Å². The molecule has 5 heteroatoms. The van der Waals surface area contributed by atoms with Gasteiger partial charge in [0.2, 0.25) is 0 Å². The number of aryl methyl sites for hydroxylation is 1. The first-order valence-electron chi connectivity index (χ1n) is 5.26. The molecule has 2 aromatic rings. The lowest BCUT2D eigenvalue weighted by Gasteiger charge is -1.97. The van der Waals surface area contributed by atoms with Gasteiger partial charge in [0.25, 0.3) is 0 Å². The van der Waals surface area contributed by atoms with Crippen LogP contribution in [0.5, 0.6) is 5.75 Å². The van der Waals surface area contributed by atoms with Crippen molar-refractivity contribution in [3.63, 3.8) is 0 Å². The highest BCUT2D eigenvalue weighted by Crippen LogP contribution is 2.24. The third-order valence-electron chi connectivity index (χ3n) is 2.39. The van der Waals surface area contributed by atoms with Crippen molar-refractivity contribution in [3.8, 4) is 5.75 Å². The molecule has 2 rings (SSSR count). The van der Waals surface area contributed by atoms with E-state index in [1.807, 2.05) is 0 Å². The van der Waals surface area contributed by atoms with E-state index >= 15 is 0 Å². The predicted molar refractivity (Wildman–Crippen MR) is 69.7 cm³/mol. The van der Waals surface area contributed by atoms with Crippen LogP contribution >= 0.6 is 11.6 Å². The fraction of sp³-hybridized carbons (Fsp3) is 0.0769. The van der Waals surface area contributed by atoms with E-state index in [2.05, 4.69) is 5.10 Å². The summed E-state index contributed by atoms with van der Waals surface area (Å²) in [5.74, 6) is -0.111. The van der Waals surface area contributed by atoms with Crippen LogP contribution in [0.1, 0.15) is 15.9 Å². The third kappa shape index (κ3) is 2.78. The summed E-state index contributed by atoms with van der Waals surface area (Å²) in [6.07, 6.45) is 6.24. The first-order chi connectivity index (χ1) is 8.56. The average Bonchev–Trinajstić information content (AvgIpc) is 2.77. The molecule has 0 aliphatic carbocycles. The zero-order valence-corrected chi connectivity index (χ0v) is 10.4. The Morgan fingerprint density at radius 3 is 2.89 bits per heavy atom. The van der Waals surface area contributed by atoms with E-state index < -0.39 is 0 Å². The van der Waals surface area contributed by atoms with E-state index in [9.17, 15) is 9.90 Å². The number of allylic oxidation sites excluding steroid dienone is 1. The van der Waals surface area contributed by atoms with Crippen molar-refractivity contribution < 1.29 is 9.90 Å². The van der Waals surface area contributed by atoms with Gasteiger partial charge in [-0.3, -0.25) is 9.48 Å². The molecule has 0 saturated carbocycles. The molecule has 0 fully saturated rings. The van der Waals surface area contributed by atoms with Gasteiger partial charge in [0, 0.05) is 13.2 Å². The topological polar surface area (TPSA) is 55.1 Å². The second kappa shape index (κ2) is 5.06. The molecule has 0 atom stereocenters. The minimum Gasteiger partial charge on any atom is -0.506 e. The van der Waals surface area contributed by atoms with Gasteiger partial charge in [-0.1, -0.05) is 23.7 Å². The lowest BCUT2D eigenvalue weighted by Crippen LogP contribution is -1.91. The molecule has 18 heavy (non-hydrogen) atoms. The van der Waals surface area contributed by atoms with Crippen molar-refractivity contribution in [2.75, 3.05) is 0 Å². The van der Waals surface area contributed by atoms with Gasteiger partial charge in [-0.25, -0.2) is 0 Å². The van der Waals surface area contributed by atoms with Crippen molar-refractivity contribution in [1.82, 2.24) is 9.78 Å². The molecule has 1 aromatic heterocycles. The summed E-state index contributed by atoms with van der Waals surface area (Å²) in [5, 5.41) is 13.4. The number of halogens is 1. The quantitative estimate of drug-likeness (QED) is 0.683. The summed E-state index contributed by atoms with van der Waals surface area (Å²) in [5.41, 5.74) is 1.27. The van der Waals surface area contributed by atoms with E-state index in [0.29, 0.717) is 5.56 Å². The predicted octanol–water partition coefficient (Wildman–Crippen LogP) is 2.68. The maximum atomic E-state index is 11.8. The monoisotopic (exact) mass is 262 g/mol. The van der Waals surface area contributed by atoms with Gasteiger partial charge >= 0.3 is 0 Å². The fourth-order valence-corrected chi connectivity index (χ4v) is 1.63. The molecule has 0 amide bonds. The summed E-state index contributed by atoms with van der Waals surface area (Å²) < 4.78 is 1.57. The molecular formula is C13H11ClN2O2. The van der Waals surface area contributed by atoms with E-state index in [4.69, 9.17) is 11.6 Å². The number of phenolic OH excluding ortho intramolecular Hbond substituents is 1. The SMILES string of the molecule is Cn1cc(C(=O)/C=C\c2ccc(O)c(Cl)c2)cn1. The number of carbonyl (C=O) groups is 1. The summed E-state index contributed by atoms with van der Waals surface area (Å²) >= 11 is 5.77. The Morgan fingerprint density at radius 2 is 2.28 bits per heavy atom. The number of rotatable bonds is 3. The molecule has 0 unspecified atom stereocenters. The van der Waals surface area contributed by atoms with Crippen molar-refractivity contribution in [2.24, 2.45) is 7.05 Å². The number of nitrogens with zero attached hydrogens (tertiary/aromatic N) is 2. The maximum Gasteiger partial charge on any atom is 0.189 e. The van der Waals surface area contributed by atoms with Gasteiger partial charge in [0.1, 0.15) is 5.75 Å². The maximum absolute atomic E-state index is 11.8. The first kappa shape index (κ1) is 12.4. The third-order valence-corrected chi connectivity index (χ3v) is 2.69. The van der Waals surface area contributed by atoms with Gasteiger partial charge in [-0.05, 0) is 23.8 Å². The largest absolute Gasteiger partial charge is 0.506 e. The molecule has 0 radical (unpaired) electrons. The average molecular weight is 263 g/mol. The van der Waals surface area contributed by atoms with Gasteiger partial charge in [0.05, 0.1) is 16.8 Å². The van der Waals surface area contributed by atoms with E-state index in [0.717, 1.165) is 5.56 Å². The Bertz CT molecular complexity index is 617. The van der Waals surface area contributed by atoms with Gasteiger partial charge in [-0.15, -0.1) is 0 Å². The number of aromatic nitrogens is 2. The molecule has 0 saturated heterocycles. The van der Waals surface area contributed by atoms with Crippen LogP contribution in [0, 0.1) is 0 Å². The molecule has 0 aliphatic rings. The molecule has 0 aliphatic heterocycles. The second-order valence-electron chi connectivity index (χ2n) is 3.81. The number of benzene rings is 1. The molecule has 1 heterocycles. The molecular weight excluding hydrogens is 252 g/mol. The Morgan fingerprint density at radius 1 is 1.50 bits per heavy atom. The zero-order valence-electron chi connectivity index (χ0n) is 9.67. The highest BCUT2D eigenvalue weighted by Gasteiger charge is 2.04. The summed E-state index contributed by atoms with van der Waals surface area (Å²) in [4.78, 5) is 11.8. The van der Waals surface area contributed by atoms with Crippen LogP contribution in [0.15, 0.2) is 36.7 Å². The van der Waals surface area contributed by atoms with E-state index in [1.54, 1.807) is 36.1 Å². The standard InChI is InChI=1S/C13H11ClN2O2/c1-16-8-10(7-15-16)12(17)4-2-9-3-5-13(18)11(14)6-9/h2-8,18H,1H3/b4-2-. The van der Waals surface area contributed by atoms with Gasteiger partial charge < -0.3 is 5.11 Å². The lowest BCUT2D eigenvalue weighted by molar-refractivity contribution is 0.104. The first-order valence-corrected chi connectivity index (χ1v) is 5.63. The minimum absolute atomic E-state index is 0.0207. The van der Waals surface area contributed by atoms with Gasteiger partial charge in [0.15, 0.2) is 5.78 Å². The summed E-state index contributed by atoms with van der Waals surface area (Å²) in [6.45, 7) is 0. The Hall–Kier alpha value is -2.07. The Balaban J connectivity index is 2.15. The molecule has 4 nitrogen and oxygen atoms in total. The number of phenols is 1. The molecule has 0 spiro atoms. The van der Waals surface area contributed by atoms with Crippen LogP contribution in [0.4, 0.5) is 0 Å². The molecule has 1 N–H and O–H groups in total.